The van der Waals surface area contributed by atoms with Gasteiger partial charge in [0, 0.05) is 11.1 Å². The predicted molar refractivity (Wildman–Crippen MR) is 57.8 cm³/mol. The van der Waals surface area contributed by atoms with Gasteiger partial charge in [-0.15, -0.1) is 0 Å². The van der Waals surface area contributed by atoms with Crippen LogP contribution in [-0.4, -0.2) is 0 Å². The molecule has 2 atom stereocenters. The predicted octanol–water partition coefficient (Wildman–Crippen LogP) is 3.53. The molecule has 1 unspecified atom stereocenters. The van der Waals surface area contributed by atoms with E-state index < -0.39 is 0 Å². The van der Waals surface area contributed by atoms with Gasteiger partial charge in [0.2, 0.25) is 0 Å². The van der Waals surface area contributed by atoms with Gasteiger partial charge in [-0.25, -0.2) is 4.39 Å². The van der Waals surface area contributed by atoms with Crippen molar-refractivity contribution in [1.82, 2.24) is 0 Å². The van der Waals surface area contributed by atoms with Crippen LogP contribution in [-0.2, 0) is 0 Å². The fourth-order valence-electron chi connectivity index (χ4n) is 1.33. The van der Waals surface area contributed by atoms with Crippen molar-refractivity contribution in [1.29, 1.82) is 0 Å². The smallest absolute Gasteiger partial charge is 0.124 e. The zero-order chi connectivity index (χ0) is 10.7. The zero-order valence-corrected chi connectivity index (χ0v) is 9.18. The SMILES string of the molecule is CCC(C)[C@@H](N)c1ccc(F)cc1Cl. The van der Waals surface area contributed by atoms with Gasteiger partial charge >= 0.3 is 0 Å². The lowest BCUT2D eigenvalue weighted by Crippen LogP contribution is -2.18. The first-order chi connectivity index (χ1) is 6.56. The molecule has 3 heteroatoms. The third kappa shape index (κ3) is 2.46. The van der Waals surface area contributed by atoms with Crippen molar-refractivity contribution in [2.24, 2.45) is 11.7 Å². The van der Waals surface area contributed by atoms with Crippen LogP contribution in [0.5, 0.6) is 0 Å². The van der Waals surface area contributed by atoms with Crippen molar-refractivity contribution in [3.63, 3.8) is 0 Å². The largest absolute Gasteiger partial charge is 0.324 e. The number of hydrogen-bond donors (Lipinski definition) is 1. The lowest BCUT2D eigenvalue weighted by atomic mass is 9.93. The van der Waals surface area contributed by atoms with Gasteiger partial charge in [0.1, 0.15) is 5.82 Å². The first-order valence-electron chi connectivity index (χ1n) is 4.76. The van der Waals surface area contributed by atoms with E-state index in [2.05, 4.69) is 13.8 Å². The molecule has 0 heterocycles. The van der Waals surface area contributed by atoms with E-state index in [1.54, 1.807) is 6.07 Å². The molecule has 14 heavy (non-hydrogen) atoms. The molecule has 0 saturated heterocycles. The van der Waals surface area contributed by atoms with Gasteiger partial charge in [0.05, 0.1) is 0 Å². The van der Waals surface area contributed by atoms with Crippen LogP contribution < -0.4 is 5.73 Å². The third-order valence-corrected chi connectivity index (χ3v) is 2.91. The molecule has 0 aliphatic rings. The summed E-state index contributed by atoms with van der Waals surface area (Å²) in [4.78, 5) is 0. The number of rotatable bonds is 3. The lowest BCUT2D eigenvalue weighted by molar-refractivity contribution is 0.456. The number of halogens is 2. The minimum atomic E-state index is -0.324. The maximum absolute atomic E-state index is 12.8. The van der Waals surface area contributed by atoms with E-state index in [4.69, 9.17) is 17.3 Å². The fourth-order valence-corrected chi connectivity index (χ4v) is 1.63. The van der Waals surface area contributed by atoms with E-state index in [1.807, 2.05) is 0 Å². The van der Waals surface area contributed by atoms with Crippen LogP contribution >= 0.6 is 11.6 Å². The first kappa shape index (κ1) is 11.5. The number of benzene rings is 1. The summed E-state index contributed by atoms with van der Waals surface area (Å²) < 4.78 is 12.8. The lowest BCUT2D eigenvalue weighted by Gasteiger charge is -2.19. The Kier molecular flexibility index (Phi) is 3.90. The van der Waals surface area contributed by atoms with Crippen LogP contribution in [0.2, 0.25) is 5.02 Å². The van der Waals surface area contributed by atoms with Gasteiger partial charge < -0.3 is 5.73 Å². The summed E-state index contributed by atoms with van der Waals surface area (Å²) in [6.45, 7) is 4.13. The topological polar surface area (TPSA) is 26.0 Å². The van der Waals surface area contributed by atoms with Crippen molar-refractivity contribution in [3.8, 4) is 0 Å². The molecule has 1 nitrogen and oxygen atoms in total. The minimum Gasteiger partial charge on any atom is -0.324 e. The average molecular weight is 216 g/mol. The Morgan fingerprint density at radius 1 is 1.50 bits per heavy atom. The second-order valence-corrected chi connectivity index (χ2v) is 3.98. The third-order valence-electron chi connectivity index (χ3n) is 2.58. The highest BCUT2D eigenvalue weighted by Crippen LogP contribution is 2.28. The molecular formula is C11H15ClFN. The summed E-state index contributed by atoms with van der Waals surface area (Å²) in [5.74, 6) is 0.0214. The van der Waals surface area contributed by atoms with Gasteiger partial charge in [-0.3, -0.25) is 0 Å². The highest BCUT2D eigenvalue weighted by Gasteiger charge is 2.16. The molecule has 0 aromatic heterocycles. The van der Waals surface area contributed by atoms with Crippen LogP contribution in [0, 0.1) is 11.7 Å². The summed E-state index contributed by atoms with van der Waals surface area (Å²) in [7, 11) is 0. The summed E-state index contributed by atoms with van der Waals surface area (Å²) in [5.41, 5.74) is 6.81. The van der Waals surface area contributed by atoms with Gasteiger partial charge in [0.25, 0.3) is 0 Å². The molecule has 0 aliphatic carbocycles. The molecule has 0 amide bonds. The summed E-state index contributed by atoms with van der Waals surface area (Å²) in [5, 5.41) is 0.415. The van der Waals surface area contributed by atoms with Crippen LogP contribution in [0.1, 0.15) is 31.9 Å². The normalized spacial score (nSPS) is 15.2. The molecule has 0 aliphatic heterocycles. The highest BCUT2D eigenvalue weighted by molar-refractivity contribution is 6.31. The van der Waals surface area contributed by atoms with Crippen molar-refractivity contribution >= 4 is 11.6 Å². The standard InChI is InChI=1S/C11H15ClFN/c1-3-7(2)11(14)9-5-4-8(13)6-10(9)12/h4-7,11H,3,14H2,1-2H3/t7?,11-/m1/s1. The van der Waals surface area contributed by atoms with Gasteiger partial charge in [0.15, 0.2) is 0 Å². The van der Waals surface area contributed by atoms with Crippen LogP contribution in [0.4, 0.5) is 4.39 Å². The number of hydrogen-bond acceptors (Lipinski definition) is 1. The zero-order valence-electron chi connectivity index (χ0n) is 8.43. The van der Waals surface area contributed by atoms with Crippen molar-refractivity contribution in [2.75, 3.05) is 0 Å². The van der Waals surface area contributed by atoms with Crippen LogP contribution in [0.3, 0.4) is 0 Å². The first-order valence-corrected chi connectivity index (χ1v) is 5.14. The molecule has 0 spiro atoms. The molecule has 0 saturated carbocycles. The number of nitrogens with two attached hydrogens (primary N) is 1. The second kappa shape index (κ2) is 4.76. The highest BCUT2D eigenvalue weighted by atomic mass is 35.5. The summed E-state index contributed by atoms with van der Waals surface area (Å²) in [6, 6.07) is 4.24. The van der Waals surface area contributed by atoms with E-state index >= 15 is 0 Å². The molecule has 1 rings (SSSR count). The Balaban J connectivity index is 2.95. The maximum atomic E-state index is 12.8. The van der Waals surface area contributed by atoms with E-state index in [1.165, 1.54) is 12.1 Å². The fraction of sp³-hybridized carbons (Fsp3) is 0.455. The Hall–Kier alpha value is -0.600. The Bertz CT molecular complexity index is 314. The molecular weight excluding hydrogens is 201 g/mol. The molecule has 0 bridgehead atoms. The molecule has 0 radical (unpaired) electrons. The van der Waals surface area contributed by atoms with Gasteiger partial charge in [-0.1, -0.05) is 37.9 Å². The van der Waals surface area contributed by atoms with Crippen molar-refractivity contribution in [2.45, 2.75) is 26.3 Å². The average Bonchev–Trinajstić information content (AvgIpc) is 2.15. The minimum absolute atomic E-state index is 0.118. The molecule has 0 fully saturated rings. The van der Waals surface area contributed by atoms with Crippen molar-refractivity contribution in [3.05, 3.63) is 34.6 Å². The van der Waals surface area contributed by atoms with E-state index in [0.29, 0.717) is 10.9 Å². The monoisotopic (exact) mass is 215 g/mol. The van der Waals surface area contributed by atoms with Crippen LogP contribution in [0.15, 0.2) is 18.2 Å². The Morgan fingerprint density at radius 2 is 2.14 bits per heavy atom. The van der Waals surface area contributed by atoms with E-state index in [0.717, 1.165) is 12.0 Å². The van der Waals surface area contributed by atoms with Gasteiger partial charge in [-0.2, -0.15) is 0 Å². The second-order valence-electron chi connectivity index (χ2n) is 3.58. The van der Waals surface area contributed by atoms with E-state index in [-0.39, 0.29) is 11.9 Å². The summed E-state index contributed by atoms with van der Waals surface area (Å²) in [6.07, 6.45) is 0.981. The Labute approximate surface area is 89.1 Å². The quantitative estimate of drug-likeness (QED) is 0.820. The molecule has 1 aromatic carbocycles. The van der Waals surface area contributed by atoms with Crippen molar-refractivity contribution < 1.29 is 4.39 Å². The molecule has 78 valence electrons. The maximum Gasteiger partial charge on any atom is 0.124 e. The molecule has 2 N–H and O–H groups in total. The molecule has 1 aromatic rings. The van der Waals surface area contributed by atoms with Gasteiger partial charge in [-0.05, 0) is 23.6 Å². The summed E-state index contributed by atoms with van der Waals surface area (Å²) >= 11 is 5.91. The Morgan fingerprint density at radius 3 is 2.64 bits per heavy atom. The van der Waals surface area contributed by atoms with Crippen LogP contribution in [0.25, 0.3) is 0 Å². The van der Waals surface area contributed by atoms with E-state index in [9.17, 15) is 4.39 Å².